The molecule has 1 aliphatic heterocycles. The number of carbonyl (C=O) groups excluding carboxylic acids is 1. The van der Waals surface area contributed by atoms with E-state index in [0.717, 1.165) is 17.1 Å². The lowest BCUT2D eigenvalue weighted by molar-refractivity contribution is -0.114. The van der Waals surface area contributed by atoms with Crippen molar-refractivity contribution >= 4 is 17.5 Å². The standard InChI is InChI=1S/C8H8OS/c9-8-3-1-2-6-4-10-5-7(6)8/h1-2H,3-5H2. The van der Waals surface area contributed by atoms with Crippen LogP contribution in [-0.4, -0.2) is 17.3 Å². The number of hydrogen-bond donors (Lipinski definition) is 0. The minimum Gasteiger partial charge on any atom is -0.294 e. The predicted molar refractivity (Wildman–Crippen MR) is 43.1 cm³/mol. The van der Waals surface area contributed by atoms with E-state index >= 15 is 0 Å². The summed E-state index contributed by atoms with van der Waals surface area (Å²) in [6.07, 6.45) is 4.68. The Morgan fingerprint density at radius 3 is 3.10 bits per heavy atom. The molecule has 0 radical (unpaired) electrons. The van der Waals surface area contributed by atoms with Crippen LogP contribution in [0.25, 0.3) is 0 Å². The monoisotopic (exact) mass is 152 g/mol. The normalized spacial score (nSPS) is 23.8. The minimum atomic E-state index is 0.336. The van der Waals surface area contributed by atoms with Gasteiger partial charge in [0.2, 0.25) is 0 Å². The molecule has 1 heterocycles. The van der Waals surface area contributed by atoms with E-state index in [1.165, 1.54) is 5.57 Å². The maximum Gasteiger partial charge on any atom is 0.163 e. The Morgan fingerprint density at radius 2 is 2.30 bits per heavy atom. The number of ketones is 1. The molecule has 1 nitrogen and oxygen atoms in total. The molecular weight excluding hydrogens is 144 g/mol. The summed E-state index contributed by atoms with van der Waals surface area (Å²) in [5.74, 6) is 2.32. The summed E-state index contributed by atoms with van der Waals surface area (Å²) >= 11 is 1.84. The number of rotatable bonds is 0. The van der Waals surface area contributed by atoms with Crippen molar-refractivity contribution in [3.63, 3.8) is 0 Å². The molecule has 0 spiro atoms. The van der Waals surface area contributed by atoms with Gasteiger partial charge in [-0.05, 0) is 5.57 Å². The van der Waals surface area contributed by atoms with Gasteiger partial charge < -0.3 is 0 Å². The van der Waals surface area contributed by atoms with Crippen molar-refractivity contribution in [2.24, 2.45) is 0 Å². The number of Topliss-reactive ketones (excluding diaryl/α,β-unsaturated/α-hetero) is 1. The molecule has 2 rings (SSSR count). The Balaban J connectivity index is 2.39. The second kappa shape index (κ2) is 2.27. The van der Waals surface area contributed by atoms with Gasteiger partial charge in [-0.3, -0.25) is 4.79 Å². The molecule has 0 unspecified atom stereocenters. The zero-order chi connectivity index (χ0) is 6.97. The van der Waals surface area contributed by atoms with Gasteiger partial charge in [0.25, 0.3) is 0 Å². The molecule has 1 aliphatic carbocycles. The van der Waals surface area contributed by atoms with E-state index in [2.05, 4.69) is 6.08 Å². The van der Waals surface area contributed by atoms with Crippen molar-refractivity contribution in [2.75, 3.05) is 11.5 Å². The van der Waals surface area contributed by atoms with Crippen molar-refractivity contribution in [3.05, 3.63) is 23.3 Å². The third-order valence-corrected chi connectivity index (χ3v) is 2.86. The average molecular weight is 152 g/mol. The smallest absolute Gasteiger partial charge is 0.163 e. The predicted octanol–water partition coefficient (Wildman–Crippen LogP) is 1.56. The second-order valence-corrected chi connectivity index (χ2v) is 3.51. The summed E-state index contributed by atoms with van der Waals surface area (Å²) in [6, 6.07) is 0. The molecular formula is C8H8OS. The van der Waals surface area contributed by atoms with E-state index in [9.17, 15) is 4.79 Å². The largest absolute Gasteiger partial charge is 0.294 e. The summed E-state index contributed by atoms with van der Waals surface area (Å²) in [4.78, 5) is 11.2. The fraction of sp³-hybridized carbons (Fsp3) is 0.375. The number of carbonyl (C=O) groups is 1. The van der Waals surface area contributed by atoms with Crippen LogP contribution < -0.4 is 0 Å². The summed E-state index contributed by atoms with van der Waals surface area (Å²) in [5.41, 5.74) is 2.34. The van der Waals surface area contributed by atoms with Gasteiger partial charge in [-0.1, -0.05) is 12.2 Å². The molecule has 0 amide bonds. The number of thioether (sulfide) groups is 1. The molecule has 0 saturated heterocycles. The van der Waals surface area contributed by atoms with Gasteiger partial charge in [0.15, 0.2) is 5.78 Å². The Labute approximate surface area is 64.2 Å². The third kappa shape index (κ3) is 0.833. The highest BCUT2D eigenvalue weighted by Gasteiger charge is 2.20. The molecule has 0 bridgehead atoms. The van der Waals surface area contributed by atoms with E-state index in [-0.39, 0.29) is 0 Å². The van der Waals surface area contributed by atoms with E-state index in [1.807, 2.05) is 17.8 Å². The van der Waals surface area contributed by atoms with Crippen LogP contribution in [0.2, 0.25) is 0 Å². The lowest BCUT2D eigenvalue weighted by Crippen LogP contribution is -2.06. The highest BCUT2D eigenvalue weighted by molar-refractivity contribution is 8.00. The molecule has 52 valence electrons. The molecule has 0 aromatic carbocycles. The van der Waals surface area contributed by atoms with Crippen LogP contribution in [0.15, 0.2) is 23.3 Å². The maximum absolute atomic E-state index is 11.2. The van der Waals surface area contributed by atoms with Crippen LogP contribution in [0.3, 0.4) is 0 Å². The quantitative estimate of drug-likeness (QED) is 0.524. The molecule has 2 aliphatic rings. The topological polar surface area (TPSA) is 17.1 Å². The Morgan fingerprint density at radius 1 is 1.40 bits per heavy atom. The molecule has 0 fully saturated rings. The average Bonchev–Trinajstić information content (AvgIpc) is 2.36. The van der Waals surface area contributed by atoms with E-state index in [4.69, 9.17) is 0 Å². The van der Waals surface area contributed by atoms with Crippen molar-refractivity contribution in [3.8, 4) is 0 Å². The molecule has 0 aromatic heterocycles. The zero-order valence-electron chi connectivity index (χ0n) is 5.59. The zero-order valence-corrected chi connectivity index (χ0v) is 6.41. The highest BCUT2D eigenvalue weighted by atomic mass is 32.2. The van der Waals surface area contributed by atoms with Crippen molar-refractivity contribution in [1.29, 1.82) is 0 Å². The molecule has 2 heteroatoms. The highest BCUT2D eigenvalue weighted by Crippen LogP contribution is 2.29. The Bertz CT molecular complexity index is 238. The maximum atomic E-state index is 11.2. The first-order valence-corrected chi connectivity index (χ1v) is 4.53. The van der Waals surface area contributed by atoms with E-state index in [0.29, 0.717) is 12.2 Å². The Kier molecular flexibility index (Phi) is 1.42. The van der Waals surface area contributed by atoms with Gasteiger partial charge in [0.1, 0.15) is 0 Å². The fourth-order valence-electron chi connectivity index (χ4n) is 1.28. The molecule has 0 N–H and O–H groups in total. The number of hydrogen-bond acceptors (Lipinski definition) is 2. The van der Waals surface area contributed by atoms with Crippen LogP contribution in [0, 0.1) is 0 Å². The molecule has 0 saturated carbocycles. The number of allylic oxidation sites excluding steroid dienone is 2. The van der Waals surface area contributed by atoms with Crippen LogP contribution in [-0.2, 0) is 4.79 Å². The summed E-state index contributed by atoms with van der Waals surface area (Å²) in [6.45, 7) is 0. The summed E-state index contributed by atoms with van der Waals surface area (Å²) < 4.78 is 0. The van der Waals surface area contributed by atoms with Gasteiger partial charge in [0.05, 0.1) is 0 Å². The van der Waals surface area contributed by atoms with E-state index < -0.39 is 0 Å². The van der Waals surface area contributed by atoms with Crippen molar-refractivity contribution in [1.82, 2.24) is 0 Å². The molecule has 0 atom stereocenters. The van der Waals surface area contributed by atoms with Gasteiger partial charge in [0, 0.05) is 23.5 Å². The molecule has 10 heavy (non-hydrogen) atoms. The van der Waals surface area contributed by atoms with Crippen LogP contribution in [0.5, 0.6) is 0 Å². The van der Waals surface area contributed by atoms with Crippen LogP contribution in [0.1, 0.15) is 6.42 Å². The second-order valence-electron chi connectivity index (χ2n) is 2.53. The summed E-state index contributed by atoms with van der Waals surface area (Å²) in [7, 11) is 0. The third-order valence-electron chi connectivity index (χ3n) is 1.85. The lowest BCUT2D eigenvalue weighted by atomic mass is 9.99. The van der Waals surface area contributed by atoms with Gasteiger partial charge in [-0.2, -0.15) is 11.8 Å². The van der Waals surface area contributed by atoms with Gasteiger partial charge >= 0.3 is 0 Å². The van der Waals surface area contributed by atoms with Gasteiger partial charge in [-0.15, -0.1) is 0 Å². The van der Waals surface area contributed by atoms with Crippen molar-refractivity contribution < 1.29 is 4.79 Å². The SMILES string of the molecule is O=C1CC=CC2=C1CSC2. The Hall–Kier alpha value is -0.500. The minimum absolute atomic E-state index is 0.336. The van der Waals surface area contributed by atoms with E-state index in [1.54, 1.807) is 0 Å². The fourth-order valence-corrected chi connectivity index (χ4v) is 2.43. The first kappa shape index (κ1) is 6.23. The summed E-state index contributed by atoms with van der Waals surface area (Å²) in [5, 5.41) is 0. The first-order chi connectivity index (χ1) is 4.88. The molecule has 0 aromatic rings. The van der Waals surface area contributed by atoms with Crippen LogP contribution >= 0.6 is 11.8 Å². The first-order valence-electron chi connectivity index (χ1n) is 3.37. The van der Waals surface area contributed by atoms with Gasteiger partial charge in [-0.25, -0.2) is 0 Å². The van der Waals surface area contributed by atoms with Crippen LogP contribution in [0.4, 0.5) is 0 Å². The van der Waals surface area contributed by atoms with Crippen molar-refractivity contribution in [2.45, 2.75) is 6.42 Å². The lowest BCUT2D eigenvalue weighted by Gasteiger charge is -2.04.